The summed E-state index contributed by atoms with van der Waals surface area (Å²) in [7, 11) is -3.67. The van der Waals surface area contributed by atoms with Gasteiger partial charge in [-0.15, -0.1) is 0 Å². The molecule has 0 heterocycles. The summed E-state index contributed by atoms with van der Waals surface area (Å²) in [5, 5.41) is 8.21. The summed E-state index contributed by atoms with van der Waals surface area (Å²) in [5.41, 5.74) is 1.46. The van der Waals surface area contributed by atoms with Crippen LogP contribution in [0.15, 0.2) is 30.3 Å². The summed E-state index contributed by atoms with van der Waals surface area (Å²) >= 11 is 0. The minimum absolute atomic E-state index is 1.23. The van der Waals surface area contributed by atoms with Crippen LogP contribution in [0.1, 0.15) is 25.3 Å². The van der Waals surface area contributed by atoms with Gasteiger partial charge in [0.05, 0.1) is 0 Å². The van der Waals surface area contributed by atoms with Gasteiger partial charge >= 0.3 is 0 Å². The molecule has 4 nitrogen and oxygen atoms in total. The highest BCUT2D eigenvalue weighted by Gasteiger charge is 1.87. The van der Waals surface area contributed by atoms with Gasteiger partial charge in [0.2, 0.25) is 0 Å². The second-order valence-electron chi connectivity index (χ2n) is 3.18. The van der Waals surface area contributed by atoms with Crippen molar-refractivity contribution in [3.63, 3.8) is 0 Å². The lowest BCUT2D eigenvalue weighted by atomic mass is 10.1. The fourth-order valence-electron chi connectivity index (χ4n) is 1.03. The van der Waals surface area contributed by atoms with Gasteiger partial charge in [0.25, 0.3) is 10.2 Å². The molecule has 1 aromatic rings. The van der Waals surface area contributed by atoms with Crippen LogP contribution in [0, 0.1) is 0 Å². The molecule has 0 aromatic heterocycles. The molecule has 0 unspecified atom stereocenters. The van der Waals surface area contributed by atoms with Gasteiger partial charge < -0.3 is 0 Å². The highest BCUT2D eigenvalue weighted by atomic mass is 32.2. The maximum absolute atomic E-state index is 9.19. The van der Waals surface area contributed by atoms with Gasteiger partial charge in [-0.25, -0.2) is 10.3 Å². The monoisotopic (exact) mass is 230 g/mol. The summed E-state index contributed by atoms with van der Waals surface area (Å²) in [6.07, 6.45) is 3.83. The van der Waals surface area contributed by atoms with E-state index in [9.17, 15) is 8.42 Å². The zero-order chi connectivity index (χ0) is 11.7. The number of hydrogen-bond donors (Lipinski definition) is 2. The Hall–Kier alpha value is -0.910. The average molecular weight is 230 g/mol. The van der Waals surface area contributed by atoms with Gasteiger partial charge in [-0.05, 0) is 18.4 Å². The van der Waals surface area contributed by atoms with Crippen molar-refractivity contribution in [1.29, 1.82) is 0 Å². The molecule has 0 aliphatic carbocycles. The number of rotatable bonds is 3. The van der Waals surface area contributed by atoms with Gasteiger partial charge in [-0.2, -0.15) is 8.42 Å². The van der Waals surface area contributed by atoms with Gasteiger partial charge in [-0.1, -0.05) is 43.7 Å². The first-order valence-corrected chi connectivity index (χ1v) is 6.39. The van der Waals surface area contributed by atoms with Crippen LogP contribution in [0.5, 0.6) is 0 Å². The van der Waals surface area contributed by atoms with Crippen LogP contribution in [0.3, 0.4) is 0 Å². The van der Waals surface area contributed by atoms with E-state index in [1.807, 2.05) is 0 Å². The molecule has 0 atom stereocenters. The van der Waals surface area contributed by atoms with Crippen molar-refractivity contribution in [3.8, 4) is 0 Å². The van der Waals surface area contributed by atoms with Crippen molar-refractivity contribution >= 4 is 10.2 Å². The normalized spacial score (nSPS) is 10.3. The van der Waals surface area contributed by atoms with Crippen molar-refractivity contribution in [2.45, 2.75) is 26.2 Å². The van der Waals surface area contributed by atoms with E-state index in [1.54, 1.807) is 0 Å². The van der Waals surface area contributed by atoms with Crippen molar-refractivity contribution < 1.29 is 8.42 Å². The minimum atomic E-state index is -3.67. The first-order valence-electron chi connectivity index (χ1n) is 4.78. The fraction of sp³-hybridized carbons (Fsp3) is 0.400. The molecule has 0 saturated heterocycles. The maximum Gasteiger partial charge on any atom is 0.271 e. The Morgan fingerprint density at radius 2 is 1.60 bits per heavy atom. The SMILES string of the molecule is CCCCc1ccccc1.NS(N)(=O)=O. The third kappa shape index (κ3) is 13.1. The van der Waals surface area contributed by atoms with Crippen LogP contribution in [-0.2, 0) is 16.6 Å². The van der Waals surface area contributed by atoms with Gasteiger partial charge in [0, 0.05) is 0 Å². The molecule has 0 aliphatic heterocycles. The number of benzene rings is 1. The molecular weight excluding hydrogens is 212 g/mol. The van der Waals surface area contributed by atoms with Crippen LogP contribution in [-0.4, -0.2) is 8.42 Å². The largest absolute Gasteiger partial charge is 0.271 e. The standard InChI is InChI=1S/C10H14.H4N2O2S/c1-2-3-7-10-8-5-4-6-9-10;1-5(2,3)4/h4-6,8-9H,2-3,7H2,1H3;(H4,1,2,3,4). The first-order chi connectivity index (χ1) is 6.93. The summed E-state index contributed by atoms with van der Waals surface area (Å²) in [6.45, 7) is 2.23. The van der Waals surface area contributed by atoms with E-state index >= 15 is 0 Å². The smallest absolute Gasteiger partial charge is 0.216 e. The van der Waals surface area contributed by atoms with Crippen molar-refractivity contribution in [2.24, 2.45) is 10.3 Å². The third-order valence-corrected chi connectivity index (χ3v) is 1.66. The van der Waals surface area contributed by atoms with E-state index in [-0.39, 0.29) is 0 Å². The number of hydrogen-bond acceptors (Lipinski definition) is 2. The topological polar surface area (TPSA) is 86.2 Å². The van der Waals surface area contributed by atoms with E-state index in [0.29, 0.717) is 0 Å². The molecule has 5 heteroatoms. The fourth-order valence-corrected chi connectivity index (χ4v) is 1.03. The predicted molar refractivity (Wildman–Crippen MR) is 62.3 cm³/mol. The Balaban J connectivity index is 0.000000336. The van der Waals surface area contributed by atoms with E-state index in [1.165, 1.54) is 24.8 Å². The highest BCUT2D eigenvalue weighted by molar-refractivity contribution is 7.86. The Morgan fingerprint density at radius 1 is 1.13 bits per heavy atom. The number of unbranched alkanes of at least 4 members (excludes halogenated alkanes) is 1. The summed E-state index contributed by atoms with van der Waals surface area (Å²) in [4.78, 5) is 0. The molecule has 15 heavy (non-hydrogen) atoms. The minimum Gasteiger partial charge on any atom is -0.216 e. The van der Waals surface area contributed by atoms with E-state index in [0.717, 1.165) is 0 Å². The van der Waals surface area contributed by atoms with Crippen molar-refractivity contribution in [3.05, 3.63) is 35.9 Å². The Morgan fingerprint density at radius 3 is 2.00 bits per heavy atom. The Kier molecular flexibility index (Phi) is 6.94. The first kappa shape index (κ1) is 14.1. The zero-order valence-corrected chi connectivity index (χ0v) is 9.70. The molecule has 0 bridgehead atoms. The van der Waals surface area contributed by atoms with Crippen LogP contribution in [0.4, 0.5) is 0 Å². The van der Waals surface area contributed by atoms with E-state index in [4.69, 9.17) is 0 Å². The molecule has 4 N–H and O–H groups in total. The highest BCUT2D eigenvalue weighted by Crippen LogP contribution is 2.03. The number of aryl methyl sites for hydroxylation is 1. The molecule has 0 fully saturated rings. The maximum atomic E-state index is 9.19. The van der Waals surface area contributed by atoms with Crippen molar-refractivity contribution in [2.75, 3.05) is 0 Å². The lowest BCUT2D eigenvalue weighted by Crippen LogP contribution is -2.21. The number of nitrogens with two attached hydrogens (primary N) is 2. The summed E-state index contributed by atoms with van der Waals surface area (Å²) < 4.78 is 18.4. The zero-order valence-electron chi connectivity index (χ0n) is 8.89. The van der Waals surface area contributed by atoms with Gasteiger partial charge in [0.1, 0.15) is 0 Å². The molecule has 1 rings (SSSR count). The van der Waals surface area contributed by atoms with Gasteiger partial charge in [-0.3, -0.25) is 0 Å². The van der Waals surface area contributed by atoms with Crippen LogP contribution < -0.4 is 10.3 Å². The molecule has 0 radical (unpaired) electrons. The molecule has 0 amide bonds. The van der Waals surface area contributed by atoms with E-state index in [2.05, 4.69) is 47.5 Å². The quantitative estimate of drug-likeness (QED) is 0.816. The third-order valence-electron chi connectivity index (χ3n) is 1.66. The predicted octanol–water partition coefficient (Wildman–Crippen LogP) is 1.18. The summed E-state index contributed by atoms with van der Waals surface area (Å²) in [5.74, 6) is 0. The molecule has 0 spiro atoms. The lowest BCUT2D eigenvalue weighted by Gasteiger charge is -1.96. The van der Waals surface area contributed by atoms with E-state index < -0.39 is 10.2 Å². The lowest BCUT2D eigenvalue weighted by molar-refractivity contribution is 0.599. The second-order valence-corrected chi connectivity index (χ2v) is 4.36. The van der Waals surface area contributed by atoms with Crippen LogP contribution >= 0.6 is 0 Å². The van der Waals surface area contributed by atoms with Crippen LogP contribution in [0.25, 0.3) is 0 Å². The Labute approximate surface area is 91.5 Å². The van der Waals surface area contributed by atoms with Crippen LogP contribution in [0.2, 0.25) is 0 Å². The molecule has 0 saturated carbocycles. The molecule has 1 aromatic carbocycles. The molecule has 0 aliphatic rings. The van der Waals surface area contributed by atoms with Crippen molar-refractivity contribution in [1.82, 2.24) is 0 Å². The van der Waals surface area contributed by atoms with Gasteiger partial charge in [0.15, 0.2) is 0 Å². The molecule has 86 valence electrons. The second kappa shape index (κ2) is 7.39. The summed E-state index contributed by atoms with van der Waals surface area (Å²) in [6, 6.07) is 10.6. The Bertz CT molecular complexity index is 341. The average Bonchev–Trinajstić information content (AvgIpc) is 2.14. The molecular formula is C10H18N2O2S.